The van der Waals surface area contributed by atoms with Crippen molar-refractivity contribution in [3.63, 3.8) is 0 Å². The zero-order valence-corrected chi connectivity index (χ0v) is 10.5. The lowest BCUT2D eigenvalue weighted by Crippen LogP contribution is -2.49. The molecule has 86 valence electrons. The molecule has 0 atom stereocenters. The Hall–Kier alpha value is 0.0569. The van der Waals surface area contributed by atoms with Gasteiger partial charge in [0.15, 0.2) is 0 Å². The summed E-state index contributed by atoms with van der Waals surface area (Å²) >= 11 is 0. The molecule has 0 aliphatic carbocycles. The molecule has 14 heavy (non-hydrogen) atoms. The van der Waals surface area contributed by atoms with Crippen LogP contribution in [0.2, 0.25) is 6.04 Å². The monoisotopic (exact) mass is 222 g/mol. The maximum Gasteiger partial charge on any atom is 0.492 e. The van der Waals surface area contributed by atoms with Crippen LogP contribution in [0, 0.1) is 0 Å². The molecule has 0 saturated carbocycles. The first kappa shape index (κ1) is 14.1. The van der Waals surface area contributed by atoms with Gasteiger partial charge >= 0.3 is 8.80 Å². The van der Waals surface area contributed by atoms with Crippen LogP contribution in [0.25, 0.3) is 0 Å². The molecule has 3 N–H and O–H groups in total. The third-order valence-corrected chi connectivity index (χ3v) is 4.18. The van der Waals surface area contributed by atoms with E-state index in [2.05, 4.69) is 20.8 Å². The molecule has 0 aromatic heterocycles. The summed E-state index contributed by atoms with van der Waals surface area (Å²) < 4.78 is 0.991. The summed E-state index contributed by atoms with van der Waals surface area (Å²) in [6.07, 6.45) is 0.686. The van der Waals surface area contributed by atoms with Crippen LogP contribution in [0.5, 0.6) is 0 Å². The highest BCUT2D eigenvalue weighted by molar-refractivity contribution is 6.56. The van der Waals surface area contributed by atoms with E-state index < -0.39 is 8.80 Å². The molecule has 0 bridgehead atoms. The summed E-state index contributed by atoms with van der Waals surface area (Å²) in [5, 5.41) is 0. The zero-order chi connectivity index (χ0) is 11.2. The summed E-state index contributed by atoms with van der Waals surface area (Å²) in [5.41, 5.74) is 0. The van der Waals surface area contributed by atoms with Crippen LogP contribution in [0.1, 0.15) is 27.2 Å². The topological polar surface area (TPSA) is 60.7 Å². The van der Waals surface area contributed by atoms with Crippen molar-refractivity contribution in [2.75, 3.05) is 26.2 Å². The molecule has 0 saturated heterocycles. The highest BCUT2D eigenvalue weighted by atomic mass is 28.4. The third-order valence-electron chi connectivity index (χ3n) is 3.16. The lowest BCUT2D eigenvalue weighted by molar-refractivity contribution is -0.923. The van der Waals surface area contributed by atoms with Crippen LogP contribution in [0.4, 0.5) is 0 Å². The normalized spacial score (nSPS) is 13.3. The SMILES string of the molecule is CC[N+](CC)(CC)CCC[Si](O)(O)O. The summed E-state index contributed by atoms with van der Waals surface area (Å²) in [7, 11) is -3.81. The minimum Gasteiger partial charge on any atom is -0.390 e. The molecule has 0 spiro atoms. The number of hydrogen-bond acceptors (Lipinski definition) is 3. The second-order valence-electron chi connectivity index (χ2n) is 3.89. The number of quaternary nitrogens is 1. The van der Waals surface area contributed by atoms with Gasteiger partial charge in [-0.2, -0.15) is 0 Å². The standard InChI is InChI=1S/C9H24NO3Si/c1-4-10(5-2,6-3)8-7-9-14(11,12)13/h11-13H,4-9H2,1-3H3/q+1. The van der Waals surface area contributed by atoms with Gasteiger partial charge in [0, 0.05) is 12.5 Å². The van der Waals surface area contributed by atoms with E-state index in [4.69, 9.17) is 14.4 Å². The van der Waals surface area contributed by atoms with Crippen LogP contribution in [0.15, 0.2) is 0 Å². The van der Waals surface area contributed by atoms with Gasteiger partial charge in [-0.25, -0.2) is 0 Å². The van der Waals surface area contributed by atoms with Gasteiger partial charge in [-0.3, -0.25) is 0 Å². The van der Waals surface area contributed by atoms with Crippen molar-refractivity contribution in [1.29, 1.82) is 0 Å². The number of hydrogen-bond donors (Lipinski definition) is 3. The first-order chi connectivity index (χ1) is 6.39. The molecule has 0 radical (unpaired) electrons. The number of rotatable bonds is 7. The molecule has 0 aliphatic heterocycles. The fourth-order valence-corrected chi connectivity index (χ4v) is 2.43. The molecule has 0 heterocycles. The Bertz CT molecular complexity index is 146. The van der Waals surface area contributed by atoms with Gasteiger partial charge < -0.3 is 18.9 Å². The van der Waals surface area contributed by atoms with Crippen LogP contribution >= 0.6 is 0 Å². The molecular formula is C9H24NO3Si+. The largest absolute Gasteiger partial charge is 0.492 e. The Balaban J connectivity index is 3.95. The van der Waals surface area contributed by atoms with Crippen molar-refractivity contribution >= 4 is 8.80 Å². The minimum absolute atomic E-state index is 0.160. The predicted octanol–water partition coefficient (Wildman–Crippen LogP) is 0.169. The van der Waals surface area contributed by atoms with Gasteiger partial charge in [0.25, 0.3) is 0 Å². The first-order valence-corrected chi connectivity index (χ1v) is 7.46. The quantitative estimate of drug-likeness (QED) is 0.425. The van der Waals surface area contributed by atoms with E-state index in [1.54, 1.807) is 0 Å². The van der Waals surface area contributed by atoms with Crippen molar-refractivity contribution in [2.45, 2.75) is 33.2 Å². The van der Waals surface area contributed by atoms with Crippen LogP contribution in [-0.2, 0) is 0 Å². The Kier molecular flexibility index (Phi) is 5.85. The highest BCUT2D eigenvalue weighted by Crippen LogP contribution is 2.11. The van der Waals surface area contributed by atoms with Crippen molar-refractivity contribution in [1.82, 2.24) is 0 Å². The van der Waals surface area contributed by atoms with Crippen molar-refractivity contribution in [3.05, 3.63) is 0 Å². The van der Waals surface area contributed by atoms with Crippen molar-refractivity contribution < 1.29 is 18.9 Å². The maximum absolute atomic E-state index is 8.88. The third kappa shape index (κ3) is 5.07. The number of nitrogens with zero attached hydrogens (tertiary/aromatic N) is 1. The first-order valence-electron chi connectivity index (χ1n) is 5.41. The Morgan fingerprint density at radius 2 is 1.36 bits per heavy atom. The molecule has 0 aromatic carbocycles. The summed E-state index contributed by atoms with van der Waals surface area (Å²) in [5.74, 6) is 0. The van der Waals surface area contributed by atoms with Gasteiger partial charge in [0.05, 0.1) is 26.2 Å². The molecule has 0 amide bonds. The van der Waals surface area contributed by atoms with E-state index in [1.165, 1.54) is 0 Å². The maximum atomic E-state index is 8.88. The van der Waals surface area contributed by atoms with Gasteiger partial charge in [-0.05, 0) is 20.8 Å². The minimum atomic E-state index is -3.81. The van der Waals surface area contributed by atoms with E-state index in [-0.39, 0.29) is 6.04 Å². The Morgan fingerprint density at radius 1 is 0.929 bits per heavy atom. The van der Waals surface area contributed by atoms with E-state index >= 15 is 0 Å². The molecule has 4 nitrogen and oxygen atoms in total. The average molecular weight is 222 g/mol. The van der Waals surface area contributed by atoms with Crippen LogP contribution in [-0.4, -0.2) is 53.9 Å². The molecular weight excluding hydrogens is 198 g/mol. The van der Waals surface area contributed by atoms with E-state index in [9.17, 15) is 0 Å². The molecule has 0 unspecified atom stereocenters. The zero-order valence-electron chi connectivity index (χ0n) is 9.53. The van der Waals surface area contributed by atoms with Gasteiger partial charge in [-0.15, -0.1) is 0 Å². The molecule has 0 rings (SSSR count). The Labute approximate surface area is 87.8 Å². The summed E-state index contributed by atoms with van der Waals surface area (Å²) in [6, 6.07) is 0.160. The van der Waals surface area contributed by atoms with Crippen molar-refractivity contribution in [3.8, 4) is 0 Å². The molecule has 5 heteroatoms. The lowest BCUT2D eigenvalue weighted by atomic mass is 10.3. The fraction of sp³-hybridized carbons (Fsp3) is 1.00. The Morgan fingerprint density at radius 3 is 1.64 bits per heavy atom. The summed E-state index contributed by atoms with van der Waals surface area (Å²) in [6.45, 7) is 10.5. The predicted molar refractivity (Wildman–Crippen MR) is 58.6 cm³/mol. The van der Waals surface area contributed by atoms with Crippen LogP contribution in [0.3, 0.4) is 0 Å². The van der Waals surface area contributed by atoms with Crippen LogP contribution < -0.4 is 0 Å². The van der Waals surface area contributed by atoms with E-state index in [0.29, 0.717) is 6.42 Å². The van der Waals surface area contributed by atoms with Gasteiger partial charge in [0.2, 0.25) is 0 Å². The smallest absolute Gasteiger partial charge is 0.390 e. The fourth-order valence-electron chi connectivity index (χ4n) is 1.80. The van der Waals surface area contributed by atoms with Crippen molar-refractivity contribution in [2.24, 2.45) is 0 Å². The molecule has 0 aromatic rings. The second kappa shape index (κ2) is 5.82. The van der Waals surface area contributed by atoms with Gasteiger partial charge in [0.1, 0.15) is 0 Å². The average Bonchev–Trinajstić information content (AvgIpc) is 2.11. The van der Waals surface area contributed by atoms with Gasteiger partial charge in [-0.1, -0.05) is 0 Å². The molecule has 0 fully saturated rings. The lowest BCUT2D eigenvalue weighted by Gasteiger charge is -2.36. The highest BCUT2D eigenvalue weighted by Gasteiger charge is 2.28. The second-order valence-corrected chi connectivity index (χ2v) is 5.94. The molecule has 0 aliphatic rings. The van der Waals surface area contributed by atoms with E-state index in [0.717, 1.165) is 30.7 Å². The van der Waals surface area contributed by atoms with E-state index in [1.807, 2.05) is 0 Å². The summed E-state index contributed by atoms with van der Waals surface area (Å²) in [4.78, 5) is 26.6.